The number of carbonyl (C=O) groups excluding carboxylic acids is 2. The lowest BCUT2D eigenvalue weighted by molar-refractivity contribution is -0.150. The zero-order chi connectivity index (χ0) is 27.5. The van der Waals surface area contributed by atoms with Gasteiger partial charge >= 0.3 is 5.97 Å². The first-order valence-corrected chi connectivity index (χ1v) is 14.4. The summed E-state index contributed by atoms with van der Waals surface area (Å²) >= 11 is 3.50. The summed E-state index contributed by atoms with van der Waals surface area (Å²) in [5.41, 5.74) is 5.89. The second-order valence-corrected chi connectivity index (χ2v) is 11.2. The van der Waals surface area contributed by atoms with E-state index in [0.717, 1.165) is 18.0 Å². The molecule has 0 radical (unpaired) electrons. The highest BCUT2D eigenvalue weighted by atomic mass is 32.2. The van der Waals surface area contributed by atoms with Crippen LogP contribution in [0.3, 0.4) is 0 Å². The Hall–Kier alpha value is -3.77. The summed E-state index contributed by atoms with van der Waals surface area (Å²) in [5, 5.41) is 28.0. The van der Waals surface area contributed by atoms with Crippen LogP contribution in [0.1, 0.15) is 18.7 Å². The molecule has 0 aromatic carbocycles. The number of tetrazole rings is 1. The second-order valence-electron chi connectivity index (χ2n) is 8.38. The summed E-state index contributed by atoms with van der Waals surface area (Å²) in [6.07, 6.45) is 6.69. The van der Waals surface area contributed by atoms with Crippen LogP contribution in [-0.2, 0) is 25.8 Å². The van der Waals surface area contributed by atoms with E-state index in [1.165, 1.54) is 33.1 Å². The van der Waals surface area contributed by atoms with Gasteiger partial charge in [0.15, 0.2) is 5.13 Å². The van der Waals surface area contributed by atoms with Crippen LogP contribution in [0.2, 0.25) is 0 Å². The number of thioether (sulfide) groups is 2. The Labute approximate surface area is 233 Å². The Morgan fingerprint density at radius 2 is 2.28 bits per heavy atom. The zero-order valence-corrected chi connectivity index (χ0v) is 22.6. The molecule has 1 fully saturated rings. The molecule has 5 rings (SSSR count). The maximum Gasteiger partial charge on any atom is 0.352 e. The minimum atomic E-state index is -1.23. The Morgan fingerprint density at radius 1 is 1.44 bits per heavy atom. The van der Waals surface area contributed by atoms with Crippen LogP contribution in [-0.4, -0.2) is 92.1 Å². The molecule has 2 aliphatic heterocycles. The number of nitrogens with two attached hydrogens (primary N) is 1. The fraction of sp³-hybridized carbons (Fsp3) is 0.381. The minimum Gasteiger partial charge on any atom is -0.477 e. The number of oxime groups is 1. The molecule has 3 atom stereocenters. The summed E-state index contributed by atoms with van der Waals surface area (Å²) in [7, 11) is 0. The van der Waals surface area contributed by atoms with Gasteiger partial charge < -0.3 is 21.0 Å². The normalized spacial score (nSPS) is 22.5. The molecule has 4 heterocycles. The van der Waals surface area contributed by atoms with E-state index in [0.29, 0.717) is 29.4 Å². The Morgan fingerprint density at radius 3 is 2.97 bits per heavy atom. The van der Waals surface area contributed by atoms with Gasteiger partial charge in [-0.05, 0) is 34.9 Å². The van der Waals surface area contributed by atoms with E-state index in [2.05, 4.69) is 41.9 Å². The zero-order valence-electron chi connectivity index (χ0n) is 20.2. The lowest BCUT2D eigenvalue weighted by atomic mass is 10.0. The van der Waals surface area contributed by atoms with Crippen molar-refractivity contribution in [3.63, 3.8) is 0 Å². The standard InChI is InChI=1S/C21H22N10O5S3/c1-2-7-30-21(25-28-29-30)38-9-10-8-37-18-13(17(33)31(18)14(10)19(34)35)23-16(32)12(15-24-20(22)39-27-15)26-36-11-5-3-4-6-11/h2-3,5,11,13,18H,1,4,6-9H2,(H,23,32)(H,34,35)(H2,22,24,27)/t11?,13?,18-/m0/s1. The minimum absolute atomic E-state index is 0.0267. The number of allylic oxidation sites excluding steroid dienone is 2. The van der Waals surface area contributed by atoms with Crippen molar-refractivity contribution in [1.29, 1.82) is 0 Å². The lowest BCUT2D eigenvalue weighted by Crippen LogP contribution is -2.71. The Bertz CT molecular complexity index is 1400. The third kappa shape index (κ3) is 5.52. The van der Waals surface area contributed by atoms with Gasteiger partial charge in [-0.25, -0.2) is 9.48 Å². The third-order valence-electron chi connectivity index (χ3n) is 5.83. The van der Waals surface area contributed by atoms with Gasteiger partial charge in [-0.2, -0.15) is 9.36 Å². The summed E-state index contributed by atoms with van der Waals surface area (Å²) in [6.45, 7) is 4.06. The maximum absolute atomic E-state index is 13.2. The Balaban J connectivity index is 1.30. The molecule has 2 aromatic heterocycles. The average Bonchev–Trinajstić information content (AvgIpc) is 3.69. The number of carboxylic acids is 1. The molecule has 15 nitrogen and oxygen atoms in total. The predicted molar refractivity (Wildman–Crippen MR) is 143 cm³/mol. The molecule has 204 valence electrons. The molecule has 18 heteroatoms. The van der Waals surface area contributed by atoms with Gasteiger partial charge in [0, 0.05) is 23.0 Å². The van der Waals surface area contributed by atoms with E-state index in [9.17, 15) is 19.5 Å². The van der Waals surface area contributed by atoms with Crippen molar-refractivity contribution >= 4 is 63.7 Å². The van der Waals surface area contributed by atoms with Gasteiger partial charge in [0.25, 0.3) is 11.8 Å². The molecule has 1 aliphatic carbocycles. The highest BCUT2D eigenvalue weighted by Crippen LogP contribution is 2.41. The van der Waals surface area contributed by atoms with Crippen LogP contribution in [0.5, 0.6) is 0 Å². The summed E-state index contributed by atoms with van der Waals surface area (Å²) in [4.78, 5) is 49.2. The SMILES string of the molecule is C=CCn1nnnc1SCC1=C(C(=O)O)N2C(=O)C(NC(=O)C(=NOC3C=CCC3)c3nsc(N)n3)[C@@H]2SC1. The second kappa shape index (κ2) is 11.5. The van der Waals surface area contributed by atoms with Gasteiger partial charge in [0.2, 0.25) is 16.7 Å². The topological polar surface area (TPSA) is 204 Å². The molecule has 0 bridgehead atoms. The molecule has 2 unspecified atom stereocenters. The van der Waals surface area contributed by atoms with E-state index in [1.807, 2.05) is 12.2 Å². The van der Waals surface area contributed by atoms with E-state index in [4.69, 9.17) is 10.6 Å². The molecular weight excluding hydrogens is 568 g/mol. The number of rotatable bonds is 11. The molecule has 39 heavy (non-hydrogen) atoms. The highest BCUT2D eigenvalue weighted by Gasteiger charge is 2.54. The number of carbonyl (C=O) groups is 3. The van der Waals surface area contributed by atoms with Gasteiger partial charge in [-0.15, -0.1) is 23.4 Å². The lowest BCUT2D eigenvalue weighted by Gasteiger charge is -2.49. The quantitative estimate of drug-likeness (QED) is 0.106. The Kier molecular flexibility index (Phi) is 7.94. The number of aromatic nitrogens is 6. The molecular formula is C21H22N10O5S3. The molecule has 4 N–H and O–H groups in total. The number of nitrogen functional groups attached to an aromatic ring is 1. The molecule has 2 amide bonds. The van der Waals surface area contributed by atoms with Crippen molar-refractivity contribution in [3.8, 4) is 0 Å². The van der Waals surface area contributed by atoms with Gasteiger partial charge in [0.05, 0.1) is 6.54 Å². The summed E-state index contributed by atoms with van der Waals surface area (Å²) in [6, 6.07) is -0.974. The maximum atomic E-state index is 13.2. The van der Waals surface area contributed by atoms with E-state index >= 15 is 0 Å². The van der Waals surface area contributed by atoms with Crippen molar-refractivity contribution in [1.82, 2.24) is 39.8 Å². The average molecular weight is 591 g/mol. The van der Waals surface area contributed by atoms with Crippen LogP contribution in [0, 0.1) is 0 Å². The number of aliphatic carboxylic acids is 1. The van der Waals surface area contributed by atoms with E-state index in [-0.39, 0.29) is 34.2 Å². The number of nitrogens with zero attached hydrogens (tertiary/aromatic N) is 8. The molecule has 3 aliphatic rings. The fourth-order valence-electron chi connectivity index (χ4n) is 4.02. The number of anilines is 1. The van der Waals surface area contributed by atoms with Crippen molar-refractivity contribution in [3.05, 3.63) is 41.9 Å². The van der Waals surface area contributed by atoms with E-state index < -0.39 is 29.2 Å². The first-order chi connectivity index (χ1) is 18.9. The van der Waals surface area contributed by atoms with Crippen LogP contribution in [0.25, 0.3) is 0 Å². The molecule has 0 spiro atoms. The van der Waals surface area contributed by atoms with Gasteiger partial charge in [0.1, 0.15) is 23.2 Å². The number of fused-ring (bicyclic) bond motifs is 1. The number of nitrogens with one attached hydrogen (secondary N) is 1. The van der Waals surface area contributed by atoms with Gasteiger partial charge in [-0.3, -0.25) is 14.5 Å². The van der Waals surface area contributed by atoms with Crippen molar-refractivity contribution in [2.24, 2.45) is 5.16 Å². The summed E-state index contributed by atoms with van der Waals surface area (Å²) < 4.78 is 5.58. The highest BCUT2D eigenvalue weighted by molar-refractivity contribution is 8.01. The largest absolute Gasteiger partial charge is 0.477 e. The smallest absolute Gasteiger partial charge is 0.352 e. The third-order valence-corrected chi connectivity index (χ3v) is 8.76. The van der Waals surface area contributed by atoms with Crippen LogP contribution in [0.4, 0.5) is 5.13 Å². The summed E-state index contributed by atoms with van der Waals surface area (Å²) in [5.74, 6) is -1.95. The first kappa shape index (κ1) is 26.8. The number of hydrogen-bond donors (Lipinski definition) is 3. The van der Waals surface area contributed by atoms with Crippen molar-refractivity contribution in [2.45, 2.75) is 42.1 Å². The van der Waals surface area contributed by atoms with Crippen molar-refractivity contribution < 1.29 is 24.3 Å². The van der Waals surface area contributed by atoms with Crippen LogP contribution in [0.15, 0.2) is 46.4 Å². The van der Waals surface area contributed by atoms with Crippen LogP contribution >= 0.6 is 35.1 Å². The molecule has 0 saturated carbocycles. The number of carboxylic acid groups (broad SMARTS) is 1. The molecule has 2 aromatic rings. The predicted octanol–water partition coefficient (Wildman–Crippen LogP) is 0.263. The molecule has 1 saturated heterocycles. The van der Waals surface area contributed by atoms with E-state index in [1.54, 1.807) is 6.08 Å². The fourth-order valence-corrected chi connectivity index (χ4v) is 6.83. The van der Waals surface area contributed by atoms with Gasteiger partial charge in [-0.1, -0.05) is 29.1 Å². The van der Waals surface area contributed by atoms with Crippen LogP contribution < -0.4 is 11.1 Å². The monoisotopic (exact) mass is 590 g/mol. The number of hydrogen-bond acceptors (Lipinski definition) is 14. The first-order valence-electron chi connectivity index (χ1n) is 11.6. The van der Waals surface area contributed by atoms with Crippen molar-refractivity contribution in [2.75, 3.05) is 17.2 Å². The number of amides is 2. The number of β-lactam (4-membered cyclic amide) rings is 1.